The van der Waals surface area contributed by atoms with Crippen molar-refractivity contribution in [3.05, 3.63) is 24.8 Å². The highest BCUT2D eigenvalue weighted by Gasteiger charge is 2.21. The zero-order valence-electron chi connectivity index (χ0n) is 6.96. The Morgan fingerprint density at radius 1 is 1.60 bits per heavy atom. The van der Waals surface area contributed by atoms with Crippen LogP contribution in [0.2, 0.25) is 0 Å². The van der Waals surface area contributed by atoms with Crippen LogP contribution in [0.15, 0.2) is 24.8 Å². The third-order valence-electron chi connectivity index (χ3n) is 1.78. The molecule has 0 bridgehead atoms. The molecule has 1 N–H and O–H groups in total. The van der Waals surface area contributed by atoms with Crippen molar-refractivity contribution in [2.24, 2.45) is 5.92 Å². The van der Waals surface area contributed by atoms with Crippen LogP contribution in [0, 0.1) is 5.92 Å². The predicted molar refractivity (Wildman–Crippen MR) is 44.8 cm³/mol. The number of hydrogen-bond donors (Lipinski definition) is 1. The summed E-state index contributed by atoms with van der Waals surface area (Å²) in [6, 6.07) is 0. The summed E-state index contributed by atoms with van der Waals surface area (Å²) < 4.78 is 0. The molecule has 2 unspecified atom stereocenters. The van der Waals surface area contributed by atoms with Gasteiger partial charge in [-0.15, -0.1) is 6.58 Å². The summed E-state index contributed by atoms with van der Waals surface area (Å²) in [5.41, 5.74) is -0.740. The van der Waals surface area contributed by atoms with Crippen LogP contribution >= 0.6 is 0 Å². The van der Waals surface area contributed by atoms with Crippen LogP contribution in [-0.2, 0) is 0 Å². The molecule has 0 fully saturated rings. The van der Waals surface area contributed by atoms with Gasteiger partial charge in [0.1, 0.15) is 0 Å². The molecule has 58 valence electrons. The molecular formula is C9H16O. The van der Waals surface area contributed by atoms with E-state index in [2.05, 4.69) is 6.58 Å². The Labute approximate surface area is 63.1 Å². The second kappa shape index (κ2) is 3.57. The molecule has 10 heavy (non-hydrogen) atoms. The van der Waals surface area contributed by atoms with Gasteiger partial charge in [-0.2, -0.15) is 0 Å². The molecule has 0 saturated heterocycles. The van der Waals surface area contributed by atoms with Gasteiger partial charge in [-0.3, -0.25) is 0 Å². The first kappa shape index (κ1) is 9.44. The fourth-order valence-corrected chi connectivity index (χ4v) is 0.728. The molecule has 0 spiro atoms. The third kappa shape index (κ3) is 2.36. The van der Waals surface area contributed by atoms with E-state index in [0.717, 1.165) is 0 Å². The van der Waals surface area contributed by atoms with Crippen LogP contribution in [0.5, 0.6) is 0 Å². The minimum absolute atomic E-state index is 0.101. The summed E-state index contributed by atoms with van der Waals surface area (Å²) in [5, 5.41) is 9.62. The van der Waals surface area contributed by atoms with Crippen LogP contribution in [0.1, 0.15) is 20.8 Å². The van der Waals surface area contributed by atoms with Gasteiger partial charge in [-0.05, 0) is 13.8 Å². The summed E-state index contributed by atoms with van der Waals surface area (Å²) in [4.78, 5) is 0. The summed E-state index contributed by atoms with van der Waals surface area (Å²) in [7, 11) is 0. The predicted octanol–water partition coefficient (Wildman–Crippen LogP) is 2.14. The van der Waals surface area contributed by atoms with E-state index >= 15 is 0 Å². The van der Waals surface area contributed by atoms with Gasteiger partial charge >= 0.3 is 0 Å². The highest BCUT2D eigenvalue weighted by atomic mass is 16.3. The molecule has 0 aromatic carbocycles. The average molecular weight is 140 g/mol. The summed E-state index contributed by atoms with van der Waals surface area (Å²) in [6.07, 6.45) is 5.37. The van der Waals surface area contributed by atoms with E-state index in [1.165, 1.54) is 0 Å². The van der Waals surface area contributed by atoms with E-state index in [9.17, 15) is 5.11 Å². The Morgan fingerprint density at radius 3 is 2.40 bits per heavy atom. The molecule has 0 aliphatic heterocycles. The molecule has 0 aliphatic rings. The molecule has 0 radical (unpaired) electrons. The Balaban J connectivity index is 4.22. The van der Waals surface area contributed by atoms with Crippen LogP contribution < -0.4 is 0 Å². The van der Waals surface area contributed by atoms with Gasteiger partial charge in [-0.25, -0.2) is 0 Å². The quantitative estimate of drug-likeness (QED) is 0.595. The van der Waals surface area contributed by atoms with Crippen LogP contribution in [0.4, 0.5) is 0 Å². The molecule has 0 saturated carbocycles. The van der Waals surface area contributed by atoms with E-state index in [0.29, 0.717) is 0 Å². The Morgan fingerprint density at radius 2 is 2.10 bits per heavy atom. The smallest absolute Gasteiger partial charge is 0.0859 e. The number of rotatable bonds is 3. The fraction of sp³-hybridized carbons (Fsp3) is 0.556. The lowest BCUT2D eigenvalue weighted by Gasteiger charge is -2.23. The standard InChI is InChI=1S/C9H16O/c1-5-7-9(4,10)8(3)6-2/h5-8,10H,2H2,1,3-4H3/b7-5+. The summed E-state index contributed by atoms with van der Waals surface area (Å²) in [5.74, 6) is 0.101. The second-order valence-electron chi connectivity index (χ2n) is 2.75. The van der Waals surface area contributed by atoms with Crippen molar-refractivity contribution in [1.29, 1.82) is 0 Å². The lowest BCUT2D eigenvalue weighted by molar-refractivity contribution is 0.0745. The maximum absolute atomic E-state index is 9.62. The Hall–Kier alpha value is -0.560. The molecule has 0 aromatic heterocycles. The second-order valence-corrected chi connectivity index (χ2v) is 2.75. The lowest BCUT2D eigenvalue weighted by Crippen LogP contribution is -2.28. The van der Waals surface area contributed by atoms with Crippen molar-refractivity contribution in [1.82, 2.24) is 0 Å². The van der Waals surface area contributed by atoms with E-state index in [4.69, 9.17) is 0 Å². The number of aliphatic hydroxyl groups is 1. The Bertz CT molecular complexity index is 134. The summed E-state index contributed by atoms with van der Waals surface area (Å²) in [6.45, 7) is 9.22. The largest absolute Gasteiger partial charge is 0.385 e. The zero-order valence-corrected chi connectivity index (χ0v) is 6.96. The van der Waals surface area contributed by atoms with E-state index in [1.54, 1.807) is 19.1 Å². The SMILES string of the molecule is C=CC(C)C(C)(O)/C=C/C. The number of hydrogen-bond acceptors (Lipinski definition) is 1. The first-order valence-corrected chi connectivity index (χ1v) is 3.53. The fourth-order valence-electron chi connectivity index (χ4n) is 0.728. The first-order chi connectivity index (χ1) is 4.54. The molecular weight excluding hydrogens is 124 g/mol. The Kier molecular flexibility index (Phi) is 3.37. The topological polar surface area (TPSA) is 20.2 Å². The normalized spacial score (nSPS) is 20.4. The van der Waals surface area contributed by atoms with E-state index in [1.807, 2.05) is 19.9 Å². The van der Waals surface area contributed by atoms with Crippen molar-refractivity contribution in [2.75, 3.05) is 0 Å². The maximum Gasteiger partial charge on any atom is 0.0859 e. The molecule has 0 aromatic rings. The van der Waals surface area contributed by atoms with Crippen molar-refractivity contribution in [3.8, 4) is 0 Å². The molecule has 2 atom stereocenters. The van der Waals surface area contributed by atoms with Crippen molar-refractivity contribution >= 4 is 0 Å². The minimum Gasteiger partial charge on any atom is -0.385 e. The van der Waals surface area contributed by atoms with Crippen molar-refractivity contribution in [2.45, 2.75) is 26.4 Å². The van der Waals surface area contributed by atoms with Gasteiger partial charge in [0.2, 0.25) is 0 Å². The van der Waals surface area contributed by atoms with Crippen LogP contribution in [0.25, 0.3) is 0 Å². The first-order valence-electron chi connectivity index (χ1n) is 3.53. The monoisotopic (exact) mass is 140 g/mol. The lowest BCUT2D eigenvalue weighted by atomic mass is 9.91. The van der Waals surface area contributed by atoms with Crippen molar-refractivity contribution < 1.29 is 5.11 Å². The highest BCUT2D eigenvalue weighted by Crippen LogP contribution is 2.18. The maximum atomic E-state index is 9.62. The highest BCUT2D eigenvalue weighted by molar-refractivity contribution is 5.04. The van der Waals surface area contributed by atoms with Gasteiger partial charge in [-0.1, -0.05) is 25.2 Å². The minimum atomic E-state index is -0.740. The third-order valence-corrected chi connectivity index (χ3v) is 1.78. The molecule has 0 heterocycles. The van der Waals surface area contributed by atoms with Gasteiger partial charge in [0.05, 0.1) is 5.60 Å². The van der Waals surface area contributed by atoms with Gasteiger partial charge < -0.3 is 5.11 Å². The summed E-state index contributed by atoms with van der Waals surface area (Å²) >= 11 is 0. The van der Waals surface area contributed by atoms with Crippen LogP contribution in [-0.4, -0.2) is 10.7 Å². The van der Waals surface area contributed by atoms with Crippen LogP contribution in [0.3, 0.4) is 0 Å². The molecule has 1 heteroatoms. The molecule has 0 amide bonds. The van der Waals surface area contributed by atoms with Gasteiger partial charge in [0.15, 0.2) is 0 Å². The van der Waals surface area contributed by atoms with E-state index in [-0.39, 0.29) is 5.92 Å². The van der Waals surface area contributed by atoms with E-state index < -0.39 is 5.60 Å². The zero-order chi connectivity index (χ0) is 8.20. The number of allylic oxidation sites excluding steroid dienone is 1. The van der Waals surface area contributed by atoms with Gasteiger partial charge in [0.25, 0.3) is 0 Å². The van der Waals surface area contributed by atoms with Crippen molar-refractivity contribution in [3.63, 3.8) is 0 Å². The molecule has 0 aliphatic carbocycles. The molecule has 1 nitrogen and oxygen atoms in total. The average Bonchev–Trinajstić information content (AvgIpc) is 1.86. The molecule has 0 rings (SSSR count). The van der Waals surface area contributed by atoms with Gasteiger partial charge in [0, 0.05) is 5.92 Å².